The number of amides is 2. The molecule has 1 heterocycles. The van der Waals surface area contributed by atoms with Gasteiger partial charge in [0.1, 0.15) is 5.82 Å². The van der Waals surface area contributed by atoms with Crippen molar-refractivity contribution in [3.05, 3.63) is 18.3 Å². The van der Waals surface area contributed by atoms with E-state index < -0.39 is 0 Å². The van der Waals surface area contributed by atoms with Crippen LogP contribution in [-0.2, 0) is 0 Å². The van der Waals surface area contributed by atoms with Crippen LogP contribution in [0.4, 0.5) is 16.3 Å². The number of hydrogen-bond donors (Lipinski definition) is 3. The lowest BCUT2D eigenvalue weighted by Gasteiger charge is -2.09. The number of pyridine rings is 1. The van der Waals surface area contributed by atoms with E-state index in [0.717, 1.165) is 5.82 Å². The Labute approximate surface area is 89.3 Å². The number of urea groups is 1. The van der Waals surface area contributed by atoms with E-state index in [9.17, 15) is 4.79 Å². The van der Waals surface area contributed by atoms with Crippen LogP contribution >= 0.6 is 0 Å². The summed E-state index contributed by atoms with van der Waals surface area (Å²) < 4.78 is 0. The van der Waals surface area contributed by atoms with Gasteiger partial charge in [0.05, 0.1) is 11.9 Å². The topological polar surface area (TPSA) is 66.0 Å². The second-order valence-corrected chi connectivity index (χ2v) is 3.44. The summed E-state index contributed by atoms with van der Waals surface area (Å²) in [4.78, 5) is 15.4. The molecule has 15 heavy (non-hydrogen) atoms. The van der Waals surface area contributed by atoms with E-state index in [2.05, 4.69) is 20.9 Å². The summed E-state index contributed by atoms with van der Waals surface area (Å²) in [5.74, 6) is 0.768. The normalized spacial score (nSPS) is 9.87. The first-order valence-electron chi connectivity index (χ1n) is 4.83. The smallest absolute Gasteiger partial charge is 0.319 e. The van der Waals surface area contributed by atoms with Gasteiger partial charge in [0, 0.05) is 13.1 Å². The maximum Gasteiger partial charge on any atom is 0.319 e. The van der Waals surface area contributed by atoms with Gasteiger partial charge in [-0.1, -0.05) is 0 Å². The molecule has 1 aromatic rings. The Balaban J connectivity index is 2.53. The molecule has 2 amide bonds. The summed E-state index contributed by atoms with van der Waals surface area (Å²) >= 11 is 0. The van der Waals surface area contributed by atoms with Gasteiger partial charge in [-0.3, -0.25) is 0 Å². The Hall–Kier alpha value is -1.78. The van der Waals surface area contributed by atoms with Crippen LogP contribution in [0, 0.1) is 0 Å². The van der Waals surface area contributed by atoms with Crippen LogP contribution in [0.2, 0.25) is 0 Å². The predicted molar refractivity (Wildman–Crippen MR) is 61.1 cm³/mol. The zero-order chi connectivity index (χ0) is 11.3. The number of aromatic nitrogens is 1. The molecule has 1 rings (SSSR count). The number of carbonyl (C=O) groups is 1. The van der Waals surface area contributed by atoms with Gasteiger partial charge in [-0.2, -0.15) is 0 Å². The molecule has 1 aromatic heterocycles. The first-order valence-corrected chi connectivity index (χ1v) is 4.83. The molecule has 0 saturated heterocycles. The van der Waals surface area contributed by atoms with Gasteiger partial charge in [-0.05, 0) is 26.0 Å². The van der Waals surface area contributed by atoms with Crippen LogP contribution in [-0.4, -0.2) is 24.1 Å². The zero-order valence-electron chi connectivity index (χ0n) is 9.16. The van der Waals surface area contributed by atoms with E-state index in [1.807, 2.05) is 13.8 Å². The van der Waals surface area contributed by atoms with Crippen LogP contribution in [0.3, 0.4) is 0 Å². The van der Waals surface area contributed by atoms with Crippen molar-refractivity contribution in [3.8, 4) is 0 Å². The lowest BCUT2D eigenvalue weighted by Crippen LogP contribution is -2.34. The fourth-order valence-corrected chi connectivity index (χ4v) is 1.05. The number of hydrogen-bond acceptors (Lipinski definition) is 3. The molecule has 82 valence electrons. The quantitative estimate of drug-likeness (QED) is 0.707. The third-order valence-corrected chi connectivity index (χ3v) is 1.70. The largest absolute Gasteiger partial charge is 0.373 e. The van der Waals surface area contributed by atoms with Crippen molar-refractivity contribution in [2.24, 2.45) is 0 Å². The minimum atomic E-state index is -0.219. The second-order valence-electron chi connectivity index (χ2n) is 3.44. The molecule has 0 aliphatic carbocycles. The van der Waals surface area contributed by atoms with Crippen molar-refractivity contribution < 1.29 is 4.79 Å². The summed E-state index contributed by atoms with van der Waals surface area (Å²) in [6.45, 7) is 3.81. The Morgan fingerprint density at radius 2 is 2.13 bits per heavy atom. The maximum absolute atomic E-state index is 11.3. The Kier molecular flexibility index (Phi) is 3.91. The number of rotatable bonds is 3. The van der Waals surface area contributed by atoms with Crippen LogP contribution in [0.5, 0.6) is 0 Å². The van der Waals surface area contributed by atoms with Crippen LogP contribution in [0.1, 0.15) is 13.8 Å². The molecule has 0 spiro atoms. The molecule has 3 N–H and O–H groups in total. The van der Waals surface area contributed by atoms with Crippen LogP contribution in [0.25, 0.3) is 0 Å². The van der Waals surface area contributed by atoms with Crippen molar-refractivity contribution in [1.82, 2.24) is 10.3 Å². The Morgan fingerprint density at radius 1 is 1.40 bits per heavy atom. The zero-order valence-corrected chi connectivity index (χ0v) is 9.16. The van der Waals surface area contributed by atoms with Crippen LogP contribution in [0.15, 0.2) is 18.3 Å². The van der Waals surface area contributed by atoms with E-state index in [1.54, 1.807) is 25.4 Å². The third-order valence-electron chi connectivity index (χ3n) is 1.70. The van der Waals surface area contributed by atoms with Crippen molar-refractivity contribution >= 4 is 17.5 Å². The molecular formula is C10H16N4O. The average Bonchev–Trinajstić information content (AvgIpc) is 2.17. The molecule has 0 radical (unpaired) electrons. The molecule has 0 fully saturated rings. The Morgan fingerprint density at radius 3 is 2.60 bits per heavy atom. The fourth-order valence-electron chi connectivity index (χ4n) is 1.05. The molecule has 0 aliphatic heterocycles. The maximum atomic E-state index is 11.3. The third kappa shape index (κ3) is 3.84. The highest BCUT2D eigenvalue weighted by Gasteiger charge is 2.02. The molecule has 0 bridgehead atoms. The molecule has 0 atom stereocenters. The highest BCUT2D eigenvalue weighted by atomic mass is 16.2. The summed E-state index contributed by atoms with van der Waals surface area (Å²) in [6, 6.07) is 3.49. The van der Waals surface area contributed by atoms with Crippen molar-refractivity contribution in [2.75, 3.05) is 17.7 Å². The molecule has 0 saturated carbocycles. The number of carbonyl (C=O) groups excluding carboxylic acids is 1. The molecule has 0 unspecified atom stereocenters. The first-order chi connectivity index (χ1) is 7.11. The molecule has 0 aromatic carbocycles. The fraction of sp³-hybridized carbons (Fsp3) is 0.400. The molecule has 5 heteroatoms. The summed E-state index contributed by atoms with van der Waals surface area (Å²) in [5.41, 5.74) is 0.673. The van der Waals surface area contributed by atoms with Gasteiger partial charge in [-0.25, -0.2) is 9.78 Å². The van der Waals surface area contributed by atoms with E-state index in [0.29, 0.717) is 5.69 Å². The Bertz CT molecular complexity index is 321. The summed E-state index contributed by atoms with van der Waals surface area (Å²) in [6.07, 6.45) is 1.60. The van der Waals surface area contributed by atoms with Gasteiger partial charge in [0.2, 0.25) is 0 Å². The number of anilines is 2. The van der Waals surface area contributed by atoms with Crippen molar-refractivity contribution in [3.63, 3.8) is 0 Å². The van der Waals surface area contributed by atoms with E-state index in [-0.39, 0.29) is 12.1 Å². The van der Waals surface area contributed by atoms with Gasteiger partial charge >= 0.3 is 6.03 Å². The van der Waals surface area contributed by atoms with E-state index >= 15 is 0 Å². The van der Waals surface area contributed by atoms with Gasteiger partial charge < -0.3 is 16.0 Å². The predicted octanol–water partition coefficient (Wildman–Crippen LogP) is 1.65. The monoisotopic (exact) mass is 208 g/mol. The average molecular weight is 208 g/mol. The highest BCUT2D eigenvalue weighted by Crippen LogP contribution is 2.08. The molecule has 0 aliphatic rings. The minimum Gasteiger partial charge on any atom is -0.373 e. The standard InChI is InChI=1S/C10H16N4O/c1-7(2)13-10(15)14-8-4-5-9(11-3)12-6-8/h4-7H,1-3H3,(H,11,12)(H2,13,14,15). The molecular weight excluding hydrogens is 192 g/mol. The van der Waals surface area contributed by atoms with Crippen LogP contribution < -0.4 is 16.0 Å². The highest BCUT2D eigenvalue weighted by molar-refractivity contribution is 5.89. The lowest BCUT2D eigenvalue weighted by atomic mass is 10.4. The van der Waals surface area contributed by atoms with Gasteiger partial charge in [0.15, 0.2) is 0 Å². The summed E-state index contributed by atoms with van der Waals surface area (Å²) in [7, 11) is 1.79. The van der Waals surface area contributed by atoms with Gasteiger partial charge in [0.25, 0.3) is 0 Å². The lowest BCUT2D eigenvalue weighted by molar-refractivity contribution is 0.250. The minimum absolute atomic E-state index is 0.120. The SMILES string of the molecule is CNc1ccc(NC(=O)NC(C)C)cn1. The number of nitrogens with one attached hydrogen (secondary N) is 3. The van der Waals surface area contributed by atoms with Crippen molar-refractivity contribution in [1.29, 1.82) is 0 Å². The van der Waals surface area contributed by atoms with E-state index in [1.165, 1.54) is 0 Å². The first kappa shape index (κ1) is 11.3. The molecule has 5 nitrogen and oxygen atoms in total. The van der Waals surface area contributed by atoms with Crippen molar-refractivity contribution in [2.45, 2.75) is 19.9 Å². The number of nitrogens with zero attached hydrogens (tertiary/aromatic N) is 1. The summed E-state index contributed by atoms with van der Waals surface area (Å²) in [5, 5.41) is 8.31. The van der Waals surface area contributed by atoms with E-state index in [4.69, 9.17) is 0 Å². The second kappa shape index (κ2) is 5.19. The van der Waals surface area contributed by atoms with Gasteiger partial charge in [-0.15, -0.1) is 0 Å².